The average Bonchev–Trinajstić information content (AvgIpc) is 2.62. The van der Waals surface area contributed by atoms with Gasteiger partial charge in [0.15, 0.2) is 0 Å². The van der Waals surface area contributed by atoms with Crippen molar-refractivity contribution in [2.24, 2.45) is 0 Å². The van der Waals surface area contributed by atoms with E-state index in [0.29, 0.717) is 24.1 Å². The summed E-state index contributed by atoms with van der Waals surface area (Å²) in [6.07, 6.45) is 1.49. The van der Waals surface area contributed by atoms with Crippen LogP contribution in [0.25, 0.3) is 10.9 Å². The molecule has 1 aromatic heterocycles. The Balaban J connectivity index is 1.65. The van der Waals surface area contributed by atoms with E-state index in [1.54, 1.807) is 12.1 Å². The van der Waals surface area contributed by atoms with Gasteiger partial charge in [0.1, 0.15) is 5.75 Å². The van der Waals surface area contributed by atoms with Crippen molar-refractivity contribution in [3.63, 3.8) is 0 Å². The van der Waals surface area contributed by atoms with Gasteiger partial charge in [-0.1, -0.05) is 23.2 Å². The van der Waals surface area contributed by atoms with Gasteiger partial charge in [0, 0.05) is 11.6 Å². The second-order valence-corrected chi connectivity index (χ2v) is 7.13. The lowest BCUT2D eigenvalue weighted by atomic mass is 10.1. The molecule has 0 aliphatic rings. The summed E-state index contributed by atoms with van der Waals surface area (Å²) in [5.74, 6) is 0.166. The second-order valence-electron chi connectivity index (χ2n) is 6.75. The van der Waals surface area contributed by atoms with Crippen LogP contribution in [0.5, 0.6) is 5.75 Å². The van der Waals surface area contributed by atoms with Crippen molar-refractivity contribution in [2.75, 3.05) is 6.61 Å². The van der Waals surface area contributed by atoms with Gasteiger partial charge >= 0.3 is 11.4 Å². The molecule has 0 spiro atoms. The van der Waals surface area contributed by atoms with Crippen molar-refractivity contribution >= 4 is 22.5 Å². The van der Waals surface area contributed by atoms with Crippen molar-refractivity contribution in [3.8, 4) is 5.75 Å². The summed E-state index contributed by atoms with van der Waals surface area (Å²) in [7, 11) is 0. The van der Waals surface area contributed by atoms with Crippen LogP contribution in [0.3, 0.4) is 0 Å². The number of hydrogen-bond acceptors (Lipinski definition) is 4. The molecule has 0 fully saturated rings. The highest BCUT2D eigenvalue weighted by atomic mass is 35.5. The summed E-state index contributed by atoms with van der Waals surface area (Å²) in [5, 5.41) is 1.19. The third kappa shape index (κ3) is 4.25. The lowest BCUT2D eigenvalue weighted by Gasteiger charge is -2.11. The minimum Gasteiger partial charge on any atom is -0.494 e. The highest BCUT2D eigenvalue weighted by molar-refractivity contribution is 6.32. The smallest absolute Gasteiger partial charge is 0.422 e. The van der Waals surface area contributed by atoms with Crippen LogP contribution in [0, 0.1) is 20.8 Å². The van der Waals surface area contributed by atoms with Crippen LogP contribution in [0.4, 0.5) is 0 Å². The van der Waals surface area contributed by atoms with Crippen molar-refractivity contribution < 1.29 is 9.15 Å². The molecule has 3 rings (SSSR count). The first kappa shape index (κ1) is 19.2. The molecule has 0 bridgehead atoms. The summed E-state index contributed by atoms with van der Waals surface area (Å²) in [4.78, 5) is 24.0. The standard InChI is InChI=1S/C21H22ClNO4/c1-13-6-7-18-17(10-13)20(24)27-21(25)23(18)8-4-5-9-26-16-11-14(2)19(22)15(3)12-16/h6-7,10-12H,4-5,8-9H2,1-3H3. The number of aromatic nitrogens is 1. The van der Waals surface area contributed by atoms with Gasteiger partial charge in [-0.05, 0) is 69.0 Å². The predicted octanol–water partition coefficient (Wildman–Crippen LogP) is 4.39. The first-order valence-corrected chi connectivity index (χ1v) is 9.28. The van der Waals surface area contributed by atoms with E-state index in [9.17, 15) is 9.59 Å². The Bertz CT molecular complexity index is 1070. The Morgan fingerprint density at radius 1 is 1.04 bits per heavy atom. The summed E-state index contributed by atoms with van der Waals surface area (Å²) in [6.45, 7) is 6.79. The molecule has 2 aromatic carbocycles. The van der Waals surface area contributed by atoms with Crippen LogP contribution in [0.15, 0.2) is 44.3 Å². The third-order valence-electron chi connectivity index (χ3n) is 4.52. The fraction of sp³-hybridized carbons (Fsp3) is 0.333. The minimum atomic E-state index is -0.624. The molecule has 142 valence electrons. The number of aryl methyl sites for hydroxylation is 4. The number of unbranched alkanes of at least 4 members (excludes halogenated alkanes) is 1. The van der Waals surface area contributed by atoms with E-state index in [2.05, 4.69) is 0 Å². The molecule has 0 saturated heterocycles. The van der Waals surface area contributed by atoms with E-state index in [4.69, 9.17) is 20.8 Å². The van der Waals surface area contributed by atoms with Crippen molar-refractivity contribution in [3.05, 3.63) is 73.0 Å². The van der Waals surface area contributed by atoms with Gasteiger partial charge < -0.3 is 9.15 Å². The van der Waals surface area contributed by atoms with Gasteiger partial charge in [0.2, 0.25) is 0 Å². The summed E-state index contributed by atoms with van der Waals surface area (Å²) in [5.41, 5.74) is 2.93. The van der Waals surface area contributed by atoms with Crippen LogP contribution in [-0.4, -0.2) is 11.2 Å². The molecule has 6 heteroatoms. The average molecular weight is 388 g/mol. The van der Waals surface area contributed by atoms with Crippen LogP contribution in [-0.2, 0) is 6.54 Å². The quantitative estimate of drug-likeness (QED) is 0.588. The van der Waals surface area contributed by atoms with E-state index in [1.807, 2.05) is 39.0 Å². The molecular weight excluding hydrogens is 366 g/mol. The van der Waals surface area contributed by atoms with Gasteiger partial charge in [-0.3, -0.25) is 4.57 Å². The summed E-state index contributed by atoms with van der Waals surface area (Å²) >= 11 is 6.17. The van der Waals surface area contributed by atoms with Crippen LogP contribution in [0.1, 0.15) is 29.5 Å². The molecular formula is C21H22ClNO4. The van der Waals surface area contributed by atoms with E-state index in [1.165, 1.54) is 4.57 Å². The van der Waals surface area contributed by atoms with Crippen LogP contribution in [0.2, 0.25) is 5.02 Å². The Hall–Kier alpha value is -2.53. The Morgan fingerprint density at radius 3 is 2.44 bits per heavy atom. The number of nitrogens with zero attached hydrogens (tertiary/aromatic N) is 1. The lowest BCUT2D eigenvalue weighted by molar-refractivity contribution is 0.300. The zero-order chi connectivity index (χ0) is 19.6. The maximum Gasteiger partial charge on any atom is 0.422 e. The molecule has 0 saturated carbocycles. The maximum atomic E-state index is 12.1. The van der Waals surface area contributed by atoms with Gasteiger partial charge in [-0.25, -0.2) is 9.59 Å². The van der Waals surface area contributed by atoms with Crippen molar-refractivity contribution in [2.45, 2.75) is 40.2 Å². The molecule has 0 N–H and O–H groups in total. The molecule has 0 unspecified atom stereocenters. The number of ether oxygens (including phenoxy) is 1. The molecule has 0 aliphatic carbocycles. The van der Waals surface area contributed by atoms with E-state index in [0.717, 1.165) is 40.3 Å². The van der Waals surface area contributed by atoms with Crippen LogP contribution >= 0.6 is 11.6 Å². The largest absolute Gasteiger partial charge is 0.494 e. The maximum absolute atomic E-state index is 12.1. The highest BCUT2D eigenvalue weighted by Gasteiger charge is 2.09. The number of benzene rings is 2. The van der Waals surface area contributed by atoms with Gasteiger partial charge in [-0.15, -0.1) is 0 Å². The lowest BCUT2D eigenvalue weighted by Crippen LogP contribution is -2.25. The molecule has 1 heterocycles. The molecule has 0 amide bonds. The number of hydrogen-bond donors (Lipinski definition) is 0. The first-order chi connectivity index (χ1) is 12.9. The molecule has 0 atom stereocenters. The van der Waals surface area contributed by atoms with Crippen LogP contribution < -0.4 is 16.1 Å². The normalized spacial score (nSPS) is 11.1. The zero-order valence-corrected chi connectivity index (χ0v) is 16.4. The fourth-order valence-electron chi connectivity index (χ4n) is 3.10. The number of halogens is 1. The SMILES string of the molecule is Cc1ccc2c(c1)c(=O)oc(=O)n2CCCCOc1cc(C)c(Cl)c(C)c1. The Morgan fingerprint density at radius 2 is 1.74 bits per heavy atom. The summed E-state index contributed by atoms with van der Waals surface area (Å²) < 4.78 is 12.1. The van der Waals surface area contributed by atoms with E-state index in [-0.39, 0.29) is 0 Å². The number of rotatable bonds is 6. The Kier molecular flexibility index (Phi) is 5.71. The molecule has 5 nitrogen and oxygen atoms in total. The fourth-order valence-corrected chi connectivity index (χ4v) is 3.21. The van der Waals surface area contributed by atoms with Crippen molar-refractivity contribution in [1.82, 2.24) is 4.57 Å². The minimum absolute atomic E-state index is 0.429. The first-order valence-electron chi connectivity index (χ1n) is 8.90. The predicted molar refractivity (Wildman–Crippen MR) is 107 cm³/mol. The number of fused-ring (bicyclic) bond motifs is 1. The summed E-state index contributed by atoms with van der Waals surface area (Å²) in [6, 6.07) is 9.25. The zero-order valence-electron chi connectivity index (χ0n) is 15.7. The van der Waals surface area contributed by atoms with Gasteiger partial charge in [0.05, 0.1) is 17.5 Å². The monoisotopic (exact) mass is 387 g/mol. The third-order valence-corrected chi connectivity index (χ3v) is 5.11. The van der Waals surface area contributed by atoms with Gasteiger partial charge in [-0.2, -0.15) is 0 Å². The van der Waals surface area contributed by atoms with Gasteiger partial charge in [0.25, 0.3) is 0 Å². The topological polar surface area (TPSA) is 61.4 Å². The van der Waals surface area contributed by atoms with E-state index < -0.39 is 11.4 Å². The molecule has 0 aliphatic heterocycles. The molecule has 3 aromatic rings. The van der Waals surface area contributed by atoms with Crippen molar-refractivity contribution in [1.29, 1.82) is 0 Å². The van der Waals surface area contributed by atoms with E-state index >= 15 is 0 Å². The highest BCUT2D eigenvalue weighted by Crippen LogP contribution is 2.26. The second kappa shape index (κ2) is 8.01. The molecule has 0 radical (unpaired) electrons. The Labute approximate surface area is 162 Å². The molecule has 27 heavy (non-hydrogen) atoms.